The molecule has 2 rings (SSSR count). The van der Waals surface area contributed by atoms with Gasteiger partial charge in [0.15, 0.2) is 0 Å². The molecule has 0 aliphatic heterocycles. The van der Waals surface area contributed by atoms with Crippen molar-refractivity contribution in [2.75, 3.05) is 27.2 Å². The van der Waals surface area contributed by atoms with Gasteiger partial charge in [0.05, 0.1) is 11.1 Å². The zero-order valence-corrected chi connectivity index (χ0v) is 13.5. The zero-order valence-electron chi connectivity index (χ0n) is 11.9. The Hall–Kier alpha value is -1.46. The van der Waals surface area contributed by atoms with Crippen LogP contribution in [-0.2, 0) is 0 Å². The first-order valence-corrected chi connectivity index (χ1v) is 7.29. The number of carbonyl (C=O) groups is 1. The molecule has 0 fully saturated rings. The van der Waals surface area contributed by atoms with Crippen LogP contribution in [-0.4, -0.2) is 43.0 Å². The number of amides is 1. The number of pyridine rings is 1. The van der Waals surface area contributed by atoms with E-state index in [-0.39, 0.29) is 5.91 Å². The van der Waals surface area contributed by atoms with Crippen LogP contribution >= 0.6 is 15.9 Å². The fourth-order valence-corrected chi connectivity index (χ4v) is 2.46. The molecule has 1 N–H and O–H groups in total. The van der Waals surface area contributed by atoms with Gasteiger partial charge in [-0.15, -0.1) is 0 Å². The molecule has 0 atom stereocenters. The Balaban J connectivity index is 2.47. The van der Waals surface area contributed by atoms with Gasteiger partial charge < -0.3 is 10.2 Å². The first kappa shape index (κ1) is 14.9. The Bertz CT molecular complexity index is 642. The summed E-state index contributed by atoms with van der Waals surface area (Å²) in [5.74, 6) is 0.0221. The number of benzene rings is 1. The van der Waals surface area contributed by atoms with E-state index < -0.39 is 0 Å². The number of hydrogen-bond donors (Lipinski definition) is 1. The van der Waals surface area contributed by atoms with Crippen molar-refractivity contribution in [3.63, 3.8) is 0 Å². The van der Waals surface area contributed by atoms with Gasteiger partial charge >= 0.3 is 0 Å². The monoisotopic (exact) mass is 335 g/mol. The van der Waals surface area contributed by atoms with Crippen molar-refractivity contribution in [3.05, 3.63) is 40.0 Å². The van der Waals surface area contributed by atoms with Crippen LogP contribution in [0.5, 0.6) is 0 Å². The number of hydrogen-bond acceptors (Lipinski definition) is 3. The second kappa shape index (κ2) is 6.33. The fourth-order valence-electron chi connectivity index (χ4n) is 2.09. The number of likely N-dealkylation sites (N-methyl/N-ethyl adjacent to an activating group) is 2. The van der Waals surface area contributed by atoms with Gasteiger partial charge in [-0.2, -0.15) is 0 Å². The minimum Gasteiger partial charge on any atom is -0.340 e. The van der Waals surface area contributed by atoms with E-state index >= 15 is 0 Å². The SMILES string of the molecule is CNCCN(C)C(=O)c1cc(C)nc2ccc(Br)cc12. The predicted octanol–water partition coefficient (Wildman–Crippen LogP) is 2.60. The topological polar surface area (TPSA) is 45.2 Å². The number of aromatic nitrogens is 1. The number of nitrogens with zero attached hydrogens (tertiary/aromatic N) is 2. The molecule has 0 radical (unpaired) electrons. The van der Waals surface area contributed by atoms with Gasteiger partial charge in [-0.05, 0) is 38.2 Å². The molecular weight excluding hydrogens is 318 g/mol. The highest BCUT2D eigenvalue weighted by Gasteiger charge is 2.16. The minimum atomic E-state index is 0.0221. The van der Waals surface area contributed by atoms with Crippen LogP contribution in [0, 0.1) is 6.92 Å². The third-order valence-electron chi connectivity index (χ3n) is 3.17. The van der Waals surface area contributed by atoms with E-state index in [2.05, 4.69) is 26.2 Å². The quantitative estimate of drug-likeness (QED) is 0.934. The Kier molecular flexibility index (Phi) is 4.73. The van der Waals surface area contributed by atoms with Crippen LogP contribution in [0.3, 0.4) is 0 Å². The number of rotatable bonds is 4. The van der Waals surface area contributed by atoms with Crippen LogP contribution in [0.1, 0.15) is 16.1 Å². The highest BCUT2D eigenvalue weighted by atomic mass is 79.9. The lowest BCUT2D eigenvalue weighted by molar-refractivity contribution is 0.0798. The lowest BCUT2D eigenvalue weighted by Gasteiger charge is -2.18. The van der Waals surface area contributed by atoms with E-state index in [0.717, 1.165) is 27.6 Å². The molecule has 4 nitrogen and oxygen atoms in total. The second-order valence-corrected chi connectivity index (χ2v) is 5.72. The minimum absolute atomic E-state index is 0.0221. The normalized spacial score (nSPS) is 10.8. The second-order valence-electron chi connectivity index (χ2n) is 4.80. The van der Waals surface area contributed by atoms with Gasteiger partial charge in [0.1, 0.15) is 0 Å². The van der Waals surface area contributed by atoms with Gasteiger partial charge in [0, 0.05) is 35.7 Å². The summed E-state index contributed by atoms with van der Waals surface area (Å²) < 4.78 is 0.947. The van der Waals surface area contributed by atoms with E-state index in [1.54, 1.807) is 4.90 Å². The number of halogens is 1. The summed E-state index contributed by atoms with van der Waals surface area (Å²) in [4.78, 5) is 18.8. The van der Waals surface area contributed by atoms with Crippen molar-refractivity contribution < 1.29 is 4.79 Å². The van der Waals surface area contributed by atoms with E-state index in [1.807, 2.05) is 45.3 Å². The lowest BCUT2D eigenvalue weighted by Crippen LogP contribution is -2.33. The molecule has 0 spiro atoms. The van der Waals surface area contributed by atoms with Crippen molar-refractivity contribution >= 4 is 32.7 Å². The van der Waals surface area contributed by atoms with Crippen molar-refractivity contribution in [2.45, 2.75) is 6.92 Å². The Morgan fingerprint density at radius 3 is 2.85 bits per heavy atom. The van der Waals surface area contributed by atoms with Crippen LogP contribution in [0.15, 0.2) is 28.7 Å². The molecule has 1 amide bonds. The van der Waals surface area contributed by atoms with Gasteiger partial charge in [-0.1, -0.05) is 15.9 Å². The van der Waals surface area contributed by atoms with E-state index in [9.17, 15) is 4.79 Å². The molecule has 1 heterocycles. The van der Waals surface area contributed by atoms with Crippen LogP contribution < -0.4 is 5.32 Å². The van der Waals surface area contributed by atoms with Crippen molar-refractivity contribution in [1.82, 2.24) is 15.2 Å². The zero-order chi connectivity index (χ0) is 14.7. The average molecular weight is 336 g/mol. The summed E-state index contributed by atoms with van der Waals surface area (Å²) in [6, 6.07) is 7.67. The van der Waals surface area contributed by atoms with Crippen molar-refractivity contribution in [1.29, 1.82) is 0 Å². The van der Waals surface area contributed by atoms with E-state index in [0.29, 0.717) is 12.1 Å². The fraction of sp³-hybridized carbons (Fsp3) is 0.333. The number of aryl methyl sites for hydroxylation is 1. The van der Waals surface area contributed by atoms with Crippen LogP contribution in [0.2, 0.25) is 0 Å². The summed E-state index contributed by atoms with van der Waals surface area (Å²) in [5.41, 5.74) is 2.40. The molecule has 0 saturated heterocycles. The number of carbonyl (C=O) groups excluding carboxylic acids is 1. The molecule has 106 valence electrons. The molecule has 1 aromatic heterocycles. The summed E-state index contributed by atoms with van der Waals surface area (Å²) in [5, 5.41) is 3.93. The van der Waals surface area contributed by atoms with Crippen molar-refractivity contribution in [3.8, 4) is 0 Å². The molecule has 1 aromatic carbocycles. The molecule has 0 bridgehead atoms. The first-order chi connectivity index (χ1) is 9.52. The van der Waals surface area contributed by atoms with Gasteiger partial charge in [0.2, 0.25) is 0 Å². The van der Waals surface area contributed by atoms with E-state index in [1.165, 1.54) is 0 Å². The lowest BCUT2D eigenvalue weighted by atomic mass is 10.1. The highest BCUT2D eigenvalue weighted by molar-refractivity contribution is 9.10. The van der Waals surface area contributed by atoms with E-state index in [4.69, 9.17) is 0 Å². The molecule has 0 aliphatic rings. The van der Waals surface area contributed by atoms with Gasteiger partial charge in [0.25, 0.3) is 5.91 Å². The Morgan fingerprint density at radius 2 is 2.15 bits per heavy atom. The summed E-state index contributed by atoms with van der Waals surface area (Å²) in [6.45, 7) is 3.35. The average Bonchev–Trinajstić information content (AvgIpc) is 2.43. The molecule has 2 aromatic rings. The third kappa shape index (κ3) is 3.16. The van der Waals surface area contributed by atoms with Crippen LogP contribution in [0.4, 0.5) is 0 Å². The van der Waals surface area contributed by atoms with Gasteiger partial charge in [-0.3, -0.25) is 9.78 Å². The Labute approximate surface area is 127 Å². The smallest absolute Gasteiger partial charge is 0.254 e. The predicted molar refractivity (Wildman–Crippen MR) is 85.1 cm³/mol. The highest BCUT2D eigenvalue weighted by Crippen LogP contribution is 2.23. The molecular formula is C15H18BrN3O. The number of fused-ring (bicyclic) bond motifs is 1. The molecule has 20 heavy (non-hydrogen) atoms. The summed E-state index contributed by atoms with van der Waals surface area (Å²) in [6.07, 6.45) is 0. The maximum Gasteiger partial charge on any atom is 0.254 e. The molecule has 0 unspecified atom stereocenters. The molecule has 0 aliphatic carbocycles. The van der Waals surface area contributed by atoms with Gasteiger partial charge in [-0.25, -0.2) is 0 Å². The standard InChI is InChI=1S/C15H18BrN3O/c1-10-8-13(15(20)19(3)7-6-17-2)12-9-11(16)4-5-14(12)18-10/h4-5,8-9,17H,6-7H2,1-3H3. The maximum atomic E-state index is 12.6. The Morgan fingerprint density at radius 1 is 1.40 bits per heavy atom. The first-order valence-electron chi connectivity index (χ1n) is 6.50. The largest absolute Gasteiger partial charge is 0.340 e. The van der Waals surface area contributed by atoms with Crippen molar-refractivity contribution in [2.24, 2.45) is 0 Å². The number of nitrogens with one attached hydrogen (secondary N) is 1. The summed E-state index contributed by atoms with van der Waals surface area (Å²) in [7, 11) is 3.70. The summed E-state index contributed by atoms with van der Waals surface area (Å²) >= 11 is 3.45. The molecule has 0 saturated carbocycles. The molecule has 5 heteroatoms. The maximum absolute atomic E-state index is 12.6. The third-order valence-corrected chi connectivity index (χ3v) is 3.67. The van der Waals surface area contributed by atoms with Crippen LogP contribution in [0.25, 0.3) is 10.9 Å².